The fraction of sp³-hybridized carbons (Fsp3) is 0.556. The Balaban J connectivity index is 0.00000484. The third-order valence-electron chi connectivity index (χ3n) is 3.69. The second-order valence-electron chi connectivity index (χ2n) is 6.04. The van der Waals surface area contributed by atoms with Crippen LogP contribution in [-0.4, -0.2) is 36.8 Å². The predicted molar refractivity (Wildman–Crippen MR) is 105 cm³/mol. The largest absolute Gasteiger partial charge is 0.389 e. The van der Waals surface area contributed by atoms with Crippen molar-refractivity contribution in [3.05, 3.63) is 39.9 Å². The summed E-state index contributed by atoms with van der Waals surface area (Å²) in [4.78, 5) is 2.13. The van der Waals surface area contributed by atoms with E-state index in [0.29, 0.717) is 10.0 Å². The van der Waals surface area contributed by atoms with Crippen molar-refractivity contribution in [2.24, 2.45) is 5.92 Å². The number of nitrogens with zero attached hydrogens (tertiary/aromatic N) is 1. The standard InChI is InChI=1S/C18H27Cl2NO.ClH/c1-4-5-6-7-15(13-21(2)3)18(22)11-9-14-8-10-16(19)17(20)12-14;/h8-12,15,18,22H,4-7,13H2,1-3H3;1H/b11-9+;. The van der Waals surface area contributed by atoms with Gasteiger partial charge < -0.3 is 10.0 Å². The Morgan fingerprint density at radius 1 is 1.17 bits per heavy atom. The zero-order valence-electron chi connectivity index (χ0n) is 14.1. The summed E-state index contributed by atoms with van der Waals surface area (Å²) in [6, 6.07) is 5.48. The van der Waals surface area contributed by atoms with Crippen LogP contribution in [-0.2, 0) is 0 Å². The van der Waals surface area contributed by atoms with Gasteiger partial charge in [0.1, 0.15) is 0 Å². The van der Waals surface area contributed by atoms with Gasteiger partial charge in [-0.15, -0.1) is 12.4 Å². The number of aliphatic hydroxyl groups excluding tert-OH is 1. The molecule has 0 heterocycles. The van der Waals surface area contributed by atoms with Crippen LogP contribution in [0.25, 0.3) is 6.08 Å². The first-order valence-corrected chi connectivity index (χ1v) is 8.65. The Morgan fingerprint density at radius 3 is 2.43 bits per heavy atom. The number of unbranched alkanes of at least 4 members (excludes halogenated alkanes) is 2. The molecule has 0 bridgehead atoms. The Morgan fingerprint density at radius 2 is 1.87 bits per heavy atom. The van der Waals surface area contributed by atoms with Gasteiger partial charge in [-0.1, -0.05) is 67.6 Å². The molecule has 0 aliphatic heterocycles. The molecule has 1 aromatic rings. The van der Waals surface area contributed by atoms with Crippen LogP contribution >= 0.6 is 35.6 Å². The van der Waals surface area contributed by atoms with Gasteiger partial charge >= 0.3 is 0 Å². The molecule has 0 amide bonds. The topological polar surface area (TPSA) is 23.5 Å². The molecular weight excluding hydrogens is 353 g/mol. The van der Waals surface area contributed by atoms with Crippen LogP contribution in [0.1, 0.15) is 38.2 Å². The van der Waals surface area contributed by atoms with Crippen LogP contribution in [0.3, 0.4) is 0 Å². The number of halogens is 3. The summed E-state index contributed by atoms with van der Waals surface area (Å²) >= 11 is 11.9. The molecule has 132 valence electrons. The molecule has 1 rings (SSSR count). The first kappa shape index (κ1) is 22.8. The summed E-state index contributed by atoms with van der Waals surface area (Å²) in [5.41, 5.74) is 0.950. The van der Waals surface area contributed by atoms with E-state index in [4.69, 9.17) is 23.2 Å². The lowest BCUT2D eigenvalue weighted by Gasteiger charge is -2.24. The minimum Gasteiger partial charge on any atom is -0.389 e. The van der Waals surface area contributed by atoms with E-state index in [9.17, 15) is 5.11 Å². The van der Waals surface area contributed by atoms with E-state index in [1.54, 1.807) is 6.07 Å². The maximum absolute atomic E-state index is 10.5. The lowest BCUT2D eigenvalue weighted by molar-refractivity contribution is 0.122. The van der Waals surface area contributed by atoms with E-state index in [-0.39, 0.29) is 18.3 Å². The molecule has 0 aliphatic rings. The predicted octanol–water partition coefficient (Wildman–Crippen LogP) is 5.55. The summed E-state index contributed by atoms with van der Waals surface area (Å²) in [6.45, 7) is 3.08. The quantitative estimate of drug-likeness (QED) is 0.568. The van der Waals surface area contributed by atoms with E-state index in [2.05, 4.69) is 11.8 Å². The van der Waals surface area contributed by atoms with E-state index in [0.717, 1.165) is 24.9 Å². The van der Waals surface area contributed by atoms with Crippen molar-refractivity contribution in [1.82, 2.24) is 4.90 Å². The highest BCUT2D eigenvalue weighted by Crippen LogP contribution is 2.24. The zero-order valence-corrected chi connectivity index (χ0v) is 16.5. The van der Waals surface area contributed by atoms with Gasteiger partial charge in [0.15, 0.2) is 0 Å². The number of aliphatic hydroxyl groups is 1. The summed E-state index contributed by atoms with van der Waals surface area (Å²) in [5.74, 6) is 0.251. The normalized spacial score (nSPS) is 14.0. The smallest absolute Gasteiger partial charge is 0.0764 e. The third-order valence-corrected chi connectivity index (χ3v) is 4.43. The van der Waals surface area contributed by atoms with Crippen LogP contribution in [0.4, 0.5) is 0 Å². The molecule has 2 nitrogen and oxygen atoms in total. The lowest BCUT2D eigenvalue weighted by atomic mass is 9.94. The fourth-order valence-corrected chi connectivity index (χ4v) is 2.79. The van der Waals surface area contributed by atoms with Gasteiger partial charge in [-0.25, -0.2) is 0 Å². The second-order valence-corrected chi connectivity index (χ2v) is 6.86. The molecule has 2 atom stereocenters. The minimum absolute atomic E-state index is 0. The molecular formula is C18H28Cl3NO. The molecule has 2 unspecified atom stereocenters. The van der Waals surface area contributed by atoms with Crippen LogP contribution in [0.15, 0.2) is 24.3 Å². The molecule has 0 saturated carbocycles. The third kappa shape index (κ3) is 8.97. The highest BCUT2D eigenvalue weighted by Gasteiger charge is 2.17. The highest BCUT2D eigenvalue weighted by atomic mass is 35.5. The average Bonchev–Trinajstić information content (AvgIpc) is 2.47. The van der Waals surface area contributed by atoms with Crippen molar-refractivity contribution in [3.8, 4) is 0 Å². The molecule has 0 spiro atoms. The van der Waals surface area contributed by atoms with Crippen molar-refractivity contribution in [3.63, 3.8) is 0 Å². The molecule has 23 heavy (non-hydrogen) atoms. The van der Waals surface area contributed by atoms with Gasteiger partial charge in [-0.2, -0.15) is 0 Å². The fourth-order valence-electron chi connectivity index (χ4n) is 2.48. The maximum Gasteiger partial charge on any atom is 0.0764 e. The molecule has 1 N–H and O–H groups in total. The zero-order chi connectivity index (χ0) is 16.5. The van der Waals surface area contributed by atoms with E-state index >= 15 is 0 Å². The van der Waals surface area contributed by atoms with Gasteiger partial charge in [0.2, 0.25) is 0 Å². The van der Waals surface area contributed by atoms with Crippen molar-refractivity contribution < 1.29 is 5.11 Å². The second kappa shape index (κ2) is 12.2. The monoisotopic (exact) mass is 379 g/mol. The highest BCUT2D eigenvalue weighted by molar-refractivity contribution is 6.42. The maximum atomic E-state index is 10.5. The van der Waals surface area contributed by atoms with Gasteiger partial charge in [-0.3, -0.25) is 0 Å². The molecule has 1 aromatic carbocycles. The Labute approximate surface area is 156 Å². The van der Waals surface area contributed by atoms with Crippen molar-refractivity contribution in [2.45, 2.75) is 38.7 Å². The van der Waals surface area contributed by atoms with Gasteiger partial charge in [0.25, 0.3) is 0 Å². The van der Waals surface area contributed by atoms with Gasteiger partial charge in [0, 0.05) is 12.5 Å². The number of rotatable bonds is 9. The first-order valence-electron chi connectivity index (χ1n) is 7.90. The number of benzene rings is 1. The number of hydrogen-bond donors (Lipinski definition) is 1. The summed E-state index contributed by atoms with van der Waals surface area (Å²) in [6.07, 6.45) is 7.94. The Hall–Kier alpha value is -0.250. The van der Waals surface area contributed by atoms with E-state index in [1.807, 2.05) is 38.4 Å². The van der Waals surface area contributed by atoms with Gasteiger partial charge in [-0.05, 0) is 38.2 Å². The SMILES string of the molecule is CCCCCC(CN(C)C)C(O)/C=C/c1ccc(Cl)c(Cl)c1.Cl. The summed E-state index contributed by atoms with van der Waals surface area (Å²) < 4.78 is 0. The van der Waals surface area contributed by atoms with Crippen LogP contribution < -0.4 is 0 Å². The number of hydrogen-bond acceptors (Lipinski definition) is 2. The minimum atomic E-state index is -0.450. The van der Waals surface area contributed by atoms with Crippen molar-refractivity contribution >= 4 is 41.7 Å². The van der Waals surface area contributed by atoms with Crippen LogP contribution in [0, 0.1) is 5.92 Å². The van der Waals surface area contributed by atoms with E-state index < -0.39 is 6.10 Å². The molecule has 5 heteroatoms. The molecule has 0 saturated heterocycles. The summed E-state index contributed by atoms with van der Waals surface area (Å²) in [5, 5.41) is 11.5. The van der Waals surface area contributed by atoms with Crippen LogP contribution in [0.5, 0.6) is 0 Å². The summed E-state index contributed by atoms with van der Waals surface area (Å²) in [7, 11) is 4.09. The van der Waals surface area contributed by atoms with E-state index in [1.165, 1.54) is 12.8 Å². The van der Waals surface area contributed by atoms with Crippen molar-refractivity contribution in [1.29, 1.82) is 0 Å². The van der Waals surface area contributed by atoms with Crippen molar-refractivity contribution in [2.75, 3.05) is 20.6 Å². The molecule has 0 aliphatic carbocycles. The van der Waals surface area contributed by atoms with Crippen LogP contribution in [0.2, 0.25) is 10.0 Å². The molecule has 0 aromatic heterocycles. The Kier molecular flexibility index (Phi) is 12.0. The molecule has 0 fully saturated rings. The van der Waals surface area contributed by atoms with Gasteiger partial charge in [0.05, 0.1) is 16.1 Å². The Bertz CT molecular complexity index is 477. The lowest BCUT2D eigenvalue weighted by Crippen LogP contribution is -2.30. The average molecular weight is 381 g/mol. The molecule has 0 radical (unpaired) electrons. The first-order chi connectivity index (χ1) is 10.4.